The van der Waals surface area contributed by atoms with Crippen LogP contribution in [-0.2, 0) is 9.84 Å². The van der Waals surface area contributed by atoms with Crippen molar-refractivity contribution in [3.8, 4) is 0 Å². The van der Waals surface area contributed by atoms with Gasteiger partial charge in [-0.3, -0.25) is 0 Å². The summed E-state index contributed by atoms with van der Waals surface area (Å²) in [5.41, 5.74) is 5.70. The predicted molar refractivity (Wildman–Crippen MR) is 49.2 cm³/mol. The van der Waals surface area contributed by atoms with Gasteiger partial charge < -0.3 is 10.2 Å². The van der Waals surface area contributed by atoms with Crippen LogP contribution in [0.25, 0.3) is 0 Å². The van der Waals surface area contributed by atoms with E-state index in [1.807, 2.05) is 13.8 Å². The average Bonchev–Trinajstić information content (AvgIpc) is 2.49. The Balaban J connectivity index is 3.00. The topological polar surface area (TPSA) is 99.1 Å². The Morgan fingerprint density at radius 1 is 1.36 bits per heavy atom. The average molecular weight is 219 g/mol. The molecule has 80 valence electrons. The third-order valence-corrected chi connectivity index (χ3v) is 2.54. The molecular weight excluding hydrogens is 206 g/mol. The molecule has 1 rings (SSSR count). The van der Waals surface area contributed by atoms with E-state index in [1.165, 1.54) is 0 Å². The van der Waals surface area contributed by atoms with Gasteiger partial charge in [0.1, 0.15) is 0 Å². The van der Waals surface area contributed by atoms with Crippen LogP contribution in [0.2, 0.25) is 0 Å². The second-order valence-electron chi connectivity index (χ2n) is 3.45. The molecule has 0 aromatic carbocycles. The quantitative estimate of drug-likeness (QED) is 0.775. The smallest absolute Gasteiger partial charge is 0.335 e. The number of nitrogens with two attached hydrogens (primary N) is 1. The van der Waals surface area contributed by atoms with Crippen molar-refractivity contribution in [3.05, 3.63) is 5.89 Å². The minimum absolute atomic E-state index is 0.114. The van der Waals surface area contributed by atoms with E-state index in [-0.39, 0.29) is 17.0 Å². The maximum atomic E-state index is 11.0. The molecule has 0 spiro atoms. The zero-order valence-electron chi connectivity index (χ0n) is 8.26. The van der Waals surface area contributed by atoms with Crippen molar-refractivity contribution in [1.82, 2.24) is 10.2 Å². The molecule has 7 heteroatoms. The van der Waals surface area contributed by atoms with Crippen LogP contribution in [0.3, 0.4) is 0 Å². The molecule has 1 aromatic heterocycles. The first-order valence-electron chi connectivity index (χ1n) is 4.11. The number of sulfone groups is 1. The minimum atomic E-state index is -3.44. The van der Waals surface area contributed by atoms with E-state index in [2.05, 4.69) is 10.2 Å². The summed E-state index contributed by atoms with van der Waals surface area (Å²) in [6, 6.07) is -0.432. The molecule has 1 atom stereocenters. The first-order chi connectivity index (χ1) is 6.32. The molecule has 0 saturated heterocycles. The lowest BCUT2D eigenvalue weighted by molar-refractivity contribution is 0.342. The van der Waals surface area contributed by atoms with Crippen molar-refractivity contribution >= 4 is 9.84 Å². The van der Waals surface area contributed by atoms with Gasteiger partial charge in [-0.15, -0.1) is 5.10 Å². The lowest BCUT2D eigenvalue weighted by Crippen LogP contribution is -2.16. The molecule has 14 heavy (non-hydrogen) atoms. The van der Waals surface area contributed by atoms with Gasteiger partial charge >= 0.3 is 5.22 Å². The van der Waals surface area contributed by atoms with Crippen LogP contribution in [0.5, 0.6) is 0 Å². The maximum absolute atomic E-state index is 11.0. The Bertz CT molecular complexity index is 410. The van der Waals surface area contributed by atoms with Crippen molar-refractivity contribution in [1.29, 1.82) is 0 Å². The normalized spacial score (nSPS) is 14.6. The van der Waals surface area contributed by atoms with Crippen LogP contribution in [0.15, 0.2) is 9.64 Å². The summed E-state index contributed by atoms with van der Waals surface area (Å²) in [4.78, 5) is 0. The van der Waals surface area contributed by atoms with Crippen molar-refractivity contribution in [3.63, 3.8) is 0 Å². The third-order valence-electron chi connectivity index (χ3n) is 1.74. The highest BCUT2D eigenvalue weighted by atomic mass is 32.2. The van der Waals surface area contributed by atoms with Gasteiger partial charge in [0, 0.05) is 6.26 Å². The monoisotopic (exact) mass is 219 g/mol. The maximum Gasteiger partial charge on any atom is 0.335 e. The van der Waals surface area contributed by atoms with E-state index >= 15 is 0 Å². The van der Waals surface area contributed by atoms with E-state index in [0.29, 0.717) is 0 Å². The second-order valence-corrected chi connectivity index (χ2v) is 5.34. The zero-order chi connectivity index (χ0) is 10.9. The first-order valence-corrected chi connectivity index (χ1v) is 6.00. The van der Waals surface area contributed by atoms with Crippen molar-refractivity contribution in [2.75, 3.05) is 6.26 Å². The highest BCUT2D eigenvalue weighted by Gasteiger charge is 2.21. The van der Waals surface area contributed by atoms with Crippen LogP contribution in [0.4, 0.5) is 0 Å². The van der Waals surface area contributed by atoms with Crippen LogP contribution in [-0.4, -0.2) is 24.9 Å². The van der Waals surface area contributed by atoms with E-state index in [4.69, 9.17) is 10.2 Å². The van der Waals surface area contributed by atoms with Crippen LogP contribution >= 0.6 is 0 Å². The highest BCUT2D eigenvalue weighted by Crippen LogP contribution is 2.18. The Hall–Kier alpha value is -0.950. The molecule has 0 fully saturated rings. The van der Waals surface area contributed by atoms with E-state index in [9.17, 15) is 8.42 Å². The molecule has 0 aliphatic heterocycles. The van der Waals surface area contributed by atoms with Crippen LogP contribution in [0.1, 0.15) is 25.8 Å². The Labute approximate surface area is 82.4 Å². The van der Waals surface area contributed by atoms with Crippen LogP contribution < -0.4 is 5.73 Å². The summed E-state index contributed by atoms with van der Waals surface area (Å²) >= 11 is 0. The van der Waals surface area contributed by atoms with Crippen LogP contribution in [0, 0.1) is 5.92 Å². The summed E-state index contributed by atoms with van der Waals surface area (Å²) < 4.78 is 26.9. The van der Waals surface area contributed by atoms with Gasteiger partial charge in [-0.25, -0.2) is 8.42 Å². The number of hydrogen-bond donors (Lipinski definition) is 1. The Kier molecular flexibility index (Phi) is 2.91. The molecule has 0 bridgehead atoms. The molecule has 2 N–H and O–H groups in total. The molecule has 0 aliphatic carbocycles. The molecule has 0 amide bonds. The van der Waals surface area contributed by atoms with Crippen molar-refractivity contribution in [2.24, 2.45) is 11.7 Å². The number of nitrogens with zero attached hydrogens (tertiary/aromatic N) is 2. The fraction of sp³-hybridized carbons (Fsp3) is 0.714. The van der Waals surface area contributed by atoms with Gasteiger partial charge in [0.05, 0.1) is 6.04 Å². The molecule has 0 aliphatic rings. The van der Waals surface area contributed by atoms with Gasteiger partial charge in [-0.05, 0) is 5.92 Å². The lowest BCUT2D eigenvalue weighted by Gasteiger charge is -2.09. The molecule has 1 unspecified atom stereocenters. The molecule has 6 nitrogen and oxygen atoms in total. The van der Waals surface area contributed by atoms with Gasteiger partial charge in [0.15, 0.2) is 0 Å². The summed E-state index contributed by atoms with van der Waals surface area (Å²) in [6.45, 7) is 3.77. The van der Waals surface area contributed by atoms with E-state index in [0.717, 1.165) is 6.26 Å². The molecule has 1 heterocycles. The summed E-state index contributed by atoms with van der Waals surface area (Å²) in [7, 11) is -3.44. The zero-order valence-corrected chi connectivity index (χ0v) is 9.08. The summed E-state index contributed by atoms with van der Waals surface area (Å²) in [6.07, 6.45) is 1.01. The highest BCUT2D eigenvalue weighted by molar-refractivity contribution is 7.90. The SMILES string of the molecule is CC(C)C(N)c1nnc(S(C)(=O)=O)o1. The number of rotatable bonds is 3. The van der Waals surface area contributed by atoms with Gasteiger partial charge in [0.25, 0.3) is 0 Å². The molecule has 1 aromatic rings. The summed E-state index contributed by atoms with van der Waals surface area (Å²) in [5, 5.41) is 6.60. The van der Waals surface area contributed by atoms with E-state index < -0.39 is 15.9 Å². The Morgan fingerprint density at radius 3 is 2.29 bits per heavy atom. The van der Waals surface area contributed by atoms with Crippen molar-refractivity contribution < 1.29 is 12.8 Å². The van der Waals surface area contributed by atoms with Gasteiger partial charge in [0.2, 0.25) is 15.7 Å². The largest absolute Gasteiger partial charge is 0.411 e. The predicted octanol–water partition coefficient (Wildman–Crippen LogP) is 0.129. The fourth-order valence-corrected chi connectivity index (χ4v) is 1.22. The number of hydrogen-bond acceptors (Lipinski definition) is 6. The molecular formula is C7H13N3O3S. The van der Waals surface area contributed by atoms with Crippen molar-refractivity contribution in [2.45, 2.75) is 25.1 Å². The summed E-state index contributed by atoms with van der Waals surface area (Å²) in [5.74, 6) is 0.267. The first kappa shape index (κ1) is 11.1. The van der Waals surface area contributed by atoms with E-state index in [1.54, 1.807) is 0 Å². The minimum Gasteiger partial charge on any atom is -0.411 e. The molecule has 0 radical (unpaired) electrons. The third kappa shape index (κ3) is 2.30. The lowest BCUT2D eigenvalue weighted by atomic mass is 10.1. The standard InChI is InChI=1S/C7H13N3O3S/c1-4(2)5(8)6-9-10-7(13-6)14(3,11)12/h4-5H,8H2,1-3H3. The second kappa shape index (κ2) is 3.66. The van der Waals surface area contributed by atoms with Gasteiger partial charge in [-0.2, -0.15) is 0 Å². The Morgan fingerprint density at radius 2 is 1.93 bits per heavy atom. The number of aromatic nitrogens is 2. The van der Waals surface area contributed by atoms with Gasteiger partial charge in [-0.1, -0.05) is 18.9 Å². The fourth-order valence-electron chi connectivity index (χ4n) is 0.790. The molecule has 0 saturated carbocycles.